The molecule has 2 rings (SSSR count). The van der Waals surface area contributed by atoms with Crippen LogP contribution in [0.3, 0.4) is 0 Å². The summed E-state index contributed by atoms with van der Waals surface area (Å²) < 4.78 is 27.5. The topological polar surface area (TPSA) is 71.1 Å². The predicted octanol–water partition coefficient (Wildman–Crippen LogP) is 2.54. The number of nitrogens with zero attached hydrogens (tertiary/aromatic N) is 1. The second-order valence-corrected chi connectivity index (χ2v) is 6.13. The van der Waals surface area contributed by atoms with Gasteiger partial charge in [0.25, 0.3) is 10.0 Å². The van der Waals surface area contributed by atoms with Crippen LogP contribution in [0.15, 0.2) is 41.6 Å². The summed E-state index contributed by atoms with van der Waals surface area (Å²) >= 11 is 0. The average Bonchev–Trinajstić information content (AvgIpc) is 2.43. The quantitative estimate of drug-likeness (QED) is 0.908. The van der Waals surface area contributed by atoms with Crippen LogP contribution in [0.4, 0.5) is 11.4 Å². The van der Waals surface area contributed by atoms with Crippen molar-refractivity contribution in [3.05, 3.63) is 47.8 Å². The van der Waals surface area contributed by atoms with Crippen molar-refractivity contribution in [3.63, 3.8) is 0 Å². The molecule has 20 heavy (non-hydrogen) atoms. The van der Waals surface area contributed by atoms with Crippen LogP contribution in [0.2, 0.25) is 0 Å². The average molecular weight is 291 g/mol. The van der Waals surface area contributed by atoms with E-state index in [0.717, 1.165) is 11.1 Å². The monoisotopic (exact) mass is 291 g/mol. The number of aromatic nitrogens is 1. The number of rotatable bonds is 4. The minimum absolute atomic E-state index is 0.128. The van der Waals surface area contributed by atoms with Crippen LogP contribution in [0.5, 0.6) is 0 Å². The van der Waals surface area contributed by atoms with Crippen LogP contribution < -0.4 is 10.0 Å². The lowest BCUT2D eigenvalue weighted by atomic mass is 10.1. The summed E-state index contributed by atoms with van der Waals surface area (Å²) in [4.78, 5) is 4.01. The SMILES string of the molecule is CNc1ccncc1S(=O)(=O)Nc1cccc(C)c1C. The molecule has 5 nitrogen and oxygen atoms in total. The molecule has 0 unspecified atom stereocenters. The lowest BCUT2D eigenvalue weighted by molar-refractivity contribution is 0.601. The molecule has 0 radical (unpaired) electrons. The van der Waals surface area contributed by atoms with Crippen LogP contribution in [0.25, 0.3) is 0 Å². The molecule has 0 aliphatic rings. The van der Waals surface area contributed by atoms with E-state index in [4.69, 9.17) is 0 Å². The number of benzene rings is 1. The van der Waals surface area contributed by atoms with E-state index in [1.54, 1.807) is 25.4 Å². The van der Waals surface area contributed by atoms with Gasteiger partial charge < -0.3 is 5.32 Å². The molecule has 1 aromatic heterocycles. The Balaban J connectivity index is 2.44. The first kappa shape index (κ1) is 14.3. The van der Waals surface area contributed by atoms with Gasteiger partial charge in [0.2, 0.25) is 0 Å². The van der Waals surface area contributed by atoms with Crippen molar-refractivity contribution in [3.8, 4) is 0 Å². The Hall–Kier alpha value is -2.08. The molecule has 0 bridgehead atoms. The summed E-state index contributed by atoms with van der Waals surface area (Å²) in [6.45, 7) is 3.83. The molecule has 0 amide bonds. The van der Waals surface area contributed by atoms with Crippen LogP contribution in [0.1, 0.15) is 11.1 Å². The Bertz CT molecular complexity index is 727. The van der Waals surface area contributed by atoms with Gasteiger partial charge in [0, 0.05) is 19.4 Å². The van der Waals surface area contributed by atoms with Crippen LogP contribution >= 0.6 is 0 Å². The number of anilines is 2. The number of sulfonamides is 1. The van der Waals surface area contributed by atoms with E-state index >= 15 is 0 Å². The van der Waals surface area contributed by atoms with Crippen molar-refractivity contribution in [1.82, 2.24) is 4.98 Å². The molecule has 1 heterocycles. The number of hydrogen-bond acceptors (Lipinski definition) is 4. The van der Waals surface area contributed by atoms with Crippen molar-refractivity contribution in [2.75, 3.05) is 17.1 Å². The Labute approximate surface area is 119 Å². The molecule has 0 atom stereocenters. The number of aryl methyl sites for hydroxylation is 1. The van der Waals surface area contributed by atoms with Gasteiger partial charge in [-0.05, 0) is 37.1 Å². The molecule has 0 aliphatic heterocycles. The van der Waals surface area contributed by atoms with Gasteiger partial charge in [-0.3, -0.25) is 9.71 Å². The zero-order valence-corrected chi connectivity index (χ0v) is 12.5. The molecule has 0 aliphatic carbocycles. The molecule has 1 aromatic carbocycles. The van der Waals surface area contributed by atoms with E-state index in [1.165, 1.54) is 6.20 Å². The van der Waals surface area contributed by atoms with E-state index in [0.29, 0.717) is 11.4 Å². The summed E-state index contributed by atoms with van der Waals surface area (Å²) in [5.41, 5.74) is 3.03. The van der Waals surface area contributed by atoms with Gasteiger partial charge in [0.05, 0.1) is 11.4 Å². The molecule has 2 N–H and O–H groups in total. The predicted molar refractivity (Wildman–Crippen MR) is 80.5 cm³/mol. The summed E-state index contributed by atoms with van der Waals surface area (Å²) in [7, 11) is -2.00. The largest absolute Gasteiger partial charge is 0.387 e. The highest BCUT2D eigenvalue weighted by Crippen LogP contribution is 2.25. The first-order chi connectivity index (χ1) is 9.45. The van der Waals surface area contributed by atoms with E-state index in [1.807, 2.05) is 26.0 Å². The minimum atomic E-state index is -3.67. The zero-order valence-electron chi connectivity index (χ0n) is 11.6. The first-order valence-electron chi connectivity index (χ1n) is 6.16. The fraction of sp³-hybridized carbons (Fsp3) is 0.214. The molecular formula is C14H17N3O2S. The summed E-state index contributed by atoms with van der Waals surface area (Å²) in [6.07, 6.45) is 2.88. The van der Waals surface area contributed by atoms with Crippen molar-refractivity contribution < 1.29 is 8.42 Å². The third-order valence-corrected chi connectivity index (χ3v) is 4.59. The van der Waals surface area contributed by atoms with E-state index in [2.05, 4.69) is 15.0 Å². The van der Waals surface area contributed by atoms with Gasteiger partial charge in [0.1, 0.15) is 4.90 Å². The molecular weight excluding hydrogens is 274 g/mol. The molecule has 2 aromatic rings. The molecule has 6 heteroatoms. The maximum absolute atomic E-state index is 12.5. The third-order valence-electron chi connectivity index (χ3n) is 3.19. The Kier molecular flexibility index (Phi) is 3.94. The second-order valence-electron chi connectivity index (χ2n) is 4.47. The zero-order chi connectivity index (χ0) is 14.8. The third kappa shape index (κ3) is 2.75. The van der Waals surface area contributed by atoms with Crippen LogP contribution in [-0.2, 0) is 10.0 Å². The highest BCUT2D eigenvalue weighted by atomic mass is 32.2. The Morgan fingerprint density at radius 1 is 1.10 bits per heavy atom. The second kappa shape index (κ2) is 5.50. The molecule has 0 saturated heterocycles. The van der Waals surface area contributed by atoms with E-state index < -0.39 is 10.0 Å². The highest BCUT2D eigenvalue weighted by Gasteiger charge is 2.19. The number of pyridine rings is 1. The van der Waals surface area contributed by atoms with Crippen molar-refractivity contribution in [2.24, 2.45) is 0 Å². The minimum Gasteiger partial charge on any atom is -0.387 e. The van der Waals surface area contributed by atoms with Crippen molar-refractivity contribution in [1.29, 1.82) is 0 Å². The summed E-state index contributed by atoms with van der Waals surface area (Å²) in [5, 5.41) is 2.85. The van der Waals surface area contributed by atoms with E-state index in [9.17, 15) is 8.42 Å². The molecule has 106 valence electrons. The molecule has 0 spiro atoms. The lowest BCUT2D eigenvalue weighted by Gasteiger charge is -2.14. The number of hydrogen-bond donors (Lipinski definition) is 2. The van der Waals surface area contributed by atoms with Gasteiger partial charge >= 0.3 is 0 Å². The van der Waals surface area contributed by atoms with Gasteiger partial charge in [-0.1, -0.05) is 12.1 Å². The fourth-order valence-electron chi connectivity index (χ4n) is 1.86. The normalized spacial score (nSPS) is 11.2. The maximum atomic E-state index is 12.5. The summed E-state index contributed by atoms with van der Waals surface area (Å²) in [5.74, 6) is 0. The molecule has 0 fully saturated rings. The Morgan fingerprint density at radius 2 is 1.85 bits per heavy atom. The number of nitrogens with one attached hydrogen (secondary N) is 2. The van der Waals surface area contributed by atoms with Gasteiger partial charge in [-0.2, -0.15) is 0 Å². The van der Waals surface area contributed by atoms with Crippen molar-refractivity contribution >= 4 is 21.4 Å². The fourth-order valence-corrected chi connectivity index (χ4v) is 3.14. The first-order valence-corrected chi connectivity index (χ1v) is 7.65. The van der Waals surface area contributed by atoms with E-state index in [-0.39, 0.29) is 4.90 Å². The molecule has 0 saturated carbocycles. The van der Waals surface area contributed by atoms with Gasteiger partial charge in [-0.25, -0.2) is 8.42 Å². The van der Waals surface area contributed by atoms with Gasteiger partial charge in [-0.15, -0.1) is 0 Å². The van der Waals surface area contributed by atoms with Crippen LogP contribution in [0, 0.1) is 13.8 Å². The van der Waals surface area contributed by atoms with Gasteiger partial charge in [0.15, 0.2) is 0 Å². The maximum Gasteiger partial charge on any atom is 0.265 e. The smallest absolute Gasteiger partial charge is 0.265 e. The van der Waals surface area contributed by atoms with Crippen LogP contribution in [-0.4, -0.2) is 20.4 Å². The summed E-state index contributed by atoms with van der Waals surface area (Å²) in [6, 6.07) is 7.13. The highest BCUT2D eigenvalue weighted by molar-refractivity contribution is 7.92. The standard InChI is InChI=1S/C14H17N3O2S/c1-10-5-4-6-12(11(10)2)17-20(18,19)14-9-16-8-7-13(14)15-3/h4-9,17H,1-3H3,(H,15,16). The lowest BCUT2D eigenvalue weighted by Crippen LogP contribution is -2.16. The Morgan fingerprint density at radius 3 is 2.55 bits per heavy atom. The van der Waals surface area contributed by atoms with Crippen molar-refractivity contribution in [2.45, 2.75) is 18.7 Å².